The molecule has 2 nitrogen and oxygen atoms in total. The van der Waals surface area contributed by atoms with E-state index in [-0.39, 0.29) is 0 Å². The molecular formula is C12H20BrIN2. The van der Waals surface area contributed by atoms with Gasteiger partial charge in [-0.1, -0.05) is 45.4 Å². The molecule has 1 heterocycles. The molecule has 0 bridgehead atoms. The summed E-state index contributed by atoms with van der Waals surface area (Å²) in [6.45, 7) is 3.31. The van der Waals surface area contributed by atoms with E-state index in [0.29, 0.717) is 0 Å². The lowest BCUT2D eigenvalue weighted by atomic mass is 10.1. The van der Waals surface area contributed by atoms with Crippen LogP contribution in [0.25, 0.3) is 0 Å². The molecule has 0 saturated heterocycles. The van der Waals surface area contributed by atoms with E-state index in [4.69, 9.17) is 0 Å². The van der Waals surface area contributed by atoms with Gasteiger partial charge in [-0.3, -0.25) is 4.68 Å². The third-order valence-electron chi connectivity index (χ3n) is 2.67. The van der Waals surface area contributed by atoms with E-state index in [0.717, 1.165) is 14.7 Å². The molecule has 0 aromatic carbocycles. The molecule has 1 rings (SSSR count). The van der Waals surface area contributed by atoms with E-state index in [1.54, 1.807) is 0 Å². The maximum absolute atomic E-state index is 4.41. The van der Waals surface area contributed by atoms with E-state index in [1.165, 1.54) is 44.9 Å². The third kappa shape index (κ3) is 5.66. The molecule has 1 aromatic heterocycles. The van der Waals surface area contributed by atoms with Gasteiger partial charge in [0.05, 0.1) is 4.47 Å². The van der Waals surface area contributed by atoms with Gasteiger partial charge < -0.3 is 0 Å². The Morgan fingerprint density at radius 1 is 1.19 bits per heavy atom. The summed E-state index contributed by atoms with van der Waals surface area (Å²) in [5, 5.41) is 4.41. The summed E-state index contributed by atoms with van der Waals surface area (Å²) in [4.78, 5) is 0. The first-order valence-corrected chi connectivity index (χ1v) is 7.99. The summed E-state index contributed by atoms with van der Waals surface area (Å²) in [7, 11) is 0. The number of aromatic nitrogens is 2. The van der Waals surface area contributed by atoms with Crippen molar-refractivity contribution in [2.75, 3.05) is 0 Å². The maximum Gasteiger partial charge on any atom is 0.137 e. The zero-order chi connectivity index (χ0) is 11.8. The SMILES string of the molecule is CCCCCCCCCn1cc(Br)c(I)n1. The van der Waals surface area contributed by atoms with Crippen molar-refractivity contribution in [1.82, 2.24) is 9.78 Å². The Bertz CT molecular complexity index is 280. The van der Waals surface area contributed by atoms with Gasteiger partial charge in [0.1, 0.15) is 3.70 Å². The minimum absolute atomic E-state index is 1.05. The van der Waals surface area contributed by atoms with Crippen LogP contribution >= 0.6 is 38.5 Å². The molecule has 0 amide bonds. The van der Waals surface area contributed by atoms with Gasteiger partial charge in [-0.05, 0) is 44.9 Å². The lowest BCUT2D eigenvalue weighted by Crippen LogP contribution is -1.98. The monoisotopic (exact) mass is 398 g/mol. The zero-order valence-electron chi connectivity index (χ0n) is 9.88. The highest BCUT2D eigenvalue weighted by Gasteiger charge is 2.01. The van der Waals surface area contributed by atoms with Crippen LogP contribution in [0.1, 0.15) is 51.9 Å². The fourth-order valence-corrected chi connectivity index (χ4v) is 2.45. The molecule has 0 aliphatic rings. The van der Waals surface area contributed by atoms with Crippen molar-refractivity contribution in [1.29, 1.82) is 0 Å². The van der Waals surface area contributed by atoms with E-state index >= 15 is 0 Å². The average Bonchev–Trinajstić information content (AvgIpc) is 2.57. The number of hydrogen-bond acceptors (Lipinski definition) is 1. The first-order chi connectivity index (χ1) is 7.74. The third-order valence-corrected chi connectivity index (χ3v) is 4.78. The number of hydrogen-bond donors (Lipinski definition) is 0. The van der Waals surface area contributed by atoms with Crippen LogP contribution in [0.2, 0.25) is 0 Å². The van der Waals surface area contributed by atoms with Gasteiger partial charge in [0, 0.05) is 12.7 Å². The van der Waals surface area contributed by atoms with Crippen molar-refractivity contribution in [3.8, 4) is 0 Å². The Kier molecular flexibility index (Phi) is 7.69. The van der Waals surface area contributed by atoms with Gasteiger partial charge in [0.25, 0.3) is 0 Å². The molecule has 0 fully saturated rings. The van der Waals surface area contributed by atoms with Crippen molar-refractivity contribution >= 4 is 38.5 Å². The molecule has 0 aliphatic carbocycles. The number of rotatable bonds is 8. The van der Waals surface area contributed by atoms with E-state index in [2.05, 4.69) is 56.7 Å². The molecule has 92 valence electrons. The Morgan fingerprint density at radius 3 is 2.38 bits per heavy atom. The fraction of sp³-hybridized carbons (Fsp3) is 0.750. The van der Waals surface area contributed by atoms with Crippen molar-refractivity contribution in [3.63, 3.8) is 0 Å². The average molecular weight is 399 g/mol. The predicted molar refractivity (Wildman–Crippen MR) is 80.6 cm³/mol. The van der Waals surface area contributed by atoms with Crippen molar-refractivity contribution in [2.45, 2.75) is 58.4 Å². The number of halogens is 2. The molecule has 0 N–H and O–H groups in total. The van der Waals surface area contributed by atoms with Gasteiger partial charge >= 0.3 is 0 Å². The van der Waals surface area contributed by atoms with Crippen LogP contribution in [0.15, 0.2) is 10.7 Å². The van der Waals surface area contributed by atoms with Crippen LogP contribution in [-0.4, -0.2) is 9.78 Å². The van der Waals surface area contributed by atoms with Crippen LogP contribution in [0, 0.1) is 3.70 Å². The van der Waals surface area contributed by atoms with Crippen molar-refractivity contribution < 1.29 is 0 Å². The maximum atomic E-state index is 4.41. The largest absolute Gasteiger partial charge is 0.271 e. The van der Waals surface area contributed by atoms with Crippen molar-refractivity contribution in [2.24, 2.45) is 0 Å². The molecular weight excluding hydrogens is 379 g/mol. The lowest BCUT2D eigenvalue weighted by molar-refractivity contribution is 0.521. The van der Waals surface area contributed by atoms with E-state index < -0.39 is 0 Å². The van der Waals surface area contributed by atoms with Gasteiger partial charge in [0.2, 0.25) is 0 Å². The lowest BCUT2D eigenvalue weighted by Gasteiger charge is -2.01. The molecule has 0 spiro atoms. The first-order valence-electron chi connectivity index (χ1n) is 6.12. The predicted octanol–water partition coefficient (Wildman–Crippen LogP) is 5.00. The summed E-state index contributed by atoms with van der Waals surface area (Å²) >= 11 is 5.73. The summed E-state index contributed by atoms with van der Waals surface area (Å²) in [6.07, 6.45) is 11.5. The zero-order valence-corrected chi connectivity index (χ0v) is 13.6. The molecule has 0 unspecified atom stereocenters. The molecule has 0 saturated carbocycles. The molecule has 16 heavy (non-hydrogen) atoms. The van der Waals surface area contributed by atoms with E-state index in [1.807, 2.05) is 4.68 Å². The first kappa shape index (κ1) is 14.5. The normalized spacial score (nSPS) is 10.9. The van der Waals surface area contributed by atoms with Gasteiger partial charge in [0.15, 0.2) is 0 Å². The summed E-state index contributed by atoms with van der Waals surface area (Å²) in [6, 6.07) is 0. The van der Waals surface area contributed by atoms with Crippen LogP contribution < -0.4 is 0 Å². The number of nitrogens with zero attached hydrogens (tertiary/aromatic N) is 2. The highest BCUT2D eigenvalue weighted by molar-refractivity contribution is 14.1. The van der Waals surface area contributed by atoms with Crippen molar-refractivity contribution in [3.05, 3.63) is 14.4 Å². The quantitative estimate of drug-likeness (QED) is 0.445. The Morgan fingerprint density at radius 2 is 1.81 bits per heavy atom. The smallest absolute Gasteiger partial charge is 0.137 e. The van der Waals surface area contributed by atoms with Crippen LogP contribution in [0.4, 0.5) is 0 Å². The summed E-state index contributed by atoms with van der Waals surface area (Å²) in [5.74, 6) is 0. The Balaban J connectivity index is 2.03. The molecule has 0 atom stereocenters. The fourth-order valence-electron chi connectivity index (χ4n) is 1.72. The topological polar surface area (TPSA) is 17.8 Å². The van der Waals surface area contributed by atoms with Crippen LogP contribution in [0.3, 0.4) is 0 Å². The Hall–Kier alpha value is 0.420. The highest BCUT2D eigenvalue weighted by Crippen LogP contribution is 2.17. The summed E-state index contributed by atoms with van der Waals surface area (Å²) in [5.41, 5.74) is 0. The number of unbranched alkanes of at least 4 members (excludes halogenated alkanes) is 6. The standard InChI is InChI=1S/C12H20BrIN2/c1-2-3-4-5-6-7-8-9-16-10-11(13)12(14)15-16/h10H,2-9H2,1H3. The molecule has 0 radical (unpaired) electrons. The highest BCUT2D eigenvalue weighted by atomic mass is 127. The summed E-state index contributed by atoms with van der Waals surface area (Å²) < 4.78 is 4.20. The molecule has 1 aromatic rings. The second-order valence-electron chi connectivity index (χ2n) is 4.15. The van der Waals surface area contributed by atoms with Gasteiger partial charge in [-0.15, -0.1) is 0 Å². The second-order valence-corrected chi connectivity index (χ2v) is 6.03. The second kappa shape index (κ2) is 8.50. The van der Waals surface area contributed by atoms with Crippen LogP contribution in [0.5, 0.6) is 0 Å². The number of aryl methyl sites for hydroxylation is 1. The van der Waals surface area contributed by atoms with Gasteiger partial charge in [-0.2, -0.15) is 5.10 Å². The van der Waals surface area contributed by atoms with E-state index in [9.17, 15) is 0 Å². The van der Waals surface area contributed by atoms with Gasteiger partial charge in [-0.25, -0.2) is 0 Å². The van der Waals surface area contributed by atoms with Crippen LogP contribution in [-0.2, 0) is 6.54 Å². The minimum Gasteiger partial charge on any atom is -0.271 e. The molecule has 4 heteroatoms. The molecule has 0 aliphatic heterocycles. The minimum atomic E-state index is 1.05. The Labute approximate surface area is 120 Å².